The molecule has 0 rings (SSSR count). The van der Waals surface area contributed by atoms with Crippen LogP contribution in [0.5, 0.6) is 0 Å². The third-order valence-electron chi connectivity index (χ3n) is 1.01. The Morgan fingerprint density at radius 1 is 1.40 bits per heavy atom. The molecule has 0 aliphatic carbocycles. The maximum Gasteiger partial charge on any atom is 0.215 e. The van der Waals surface area contributed by atoms with Gasteiger partial charge in [0.05, 0.1) is 6.10 Å². The minimum atomic E-state index is -0.422. The van der Waals surface area contributed by atoms with Gasteiger partial charge in [0.25, 0.3) is 0 Å². The Balaban J connectivity index is 3.26. The van der Waals surface area contributed by atoms with Crippen molar-refractivity contribution in [2.75, 3.05) is 20.8 Å². The average Bonchev–Trinajstić information content (AvgIpc) is 1.90. The van der Waals surface area contributed by atoms with Gasteiger partial charge in [-0.2, -0.15) is 0 Å². The Morgan fingerprint density at radius 2 is 1.90 bits per heavy atom. The van der Waals surface area contributed by atoms with Crippen molar-refractivity contribution >= 4 is 0 Å². The summed E-state index contributed by atoms with van der Waals surface area (Å²) in [6.45, 7) is 2.15. The van der Waals surface area contributed by atoms with E-state index in [-0.39, 0.29) is 6.10 Å². The molecule has 0 aromatic rings. The van der Waals surface area contributed by atoms with Gasteiger partial charge in [0.2, 0.25) is 6.41 Å². The predicted octanol–water partition coefficient (Wildman–Crippen LogP) is -0.467. The summed E-state index contributed by atoms with van der Waals surface area (Å²) < 4.78 is 9.61. The van der Waals surface area contributed by atoms with E-state index in [1.807, 2.05) is 0 Å². The highest BCUT2D eigenvalue weighted by molar-refractivity contribution is 4.50. The van der Waals surface area contributed by atoms with Crippen molar-refractivity contribution in [3.63, 3.8) is 0 Å². The van der Waals surface area contributed by atoms with E-state index >= 15 is 0 Å². The van der Waals surface area contributed by atoms with E-state index in [2.05, 4.69) is 5.32 Å². The molecule has 0 radical (unpaired) electrons. The van der Waals surface area contributed by atoms with Crippen LogP contribution in [0.4, 0.5) is 0 Å². The number of hydrogen-bond donors (Lipinski definition) is 2. The van der Waals surface area contributed by atoms with Gasteiger partial charge in [-0.25, -0.2) is 0 Å². The number of nitrogens with one attached hydrogen (secondary N) is 1. The highest BCUT2D eigenvalue weighted by Crippen LogP contribution is 1.85. The Labute approximate surface area is 61.1 Å². The second-order valence-electron chi connectivity index (χ2n) is 2.06. The van der Waals surface area contributed by atoms with Crippen molar-refractivity contribution in [2.45, 2.75) is 19.4 Å². The van der Waals surface area contributed by atoms with Crippen LogP contribution >= 0.6 is 0 Å². The van der Waals surface area contributed by atoms with E-state index in [1.54, 1.807) is 6.92 Å². The van der Waals surface area contributed by atoms with Gasteiger partial charge in [0.15, 0.2) is 0 Å². The van der Waals surface area contributed by atoms with Crippen LogP contribution in [-0.4, -0.2) is 38.4 Å². The number of methoxy groups -OCH3 is 2. The molecule has 2 N–H and O–H groups in total. The molecule has 0 unspecified atom stereocenters. The summed E-state index contributed by atoms with van der Waals surface area (Å²) in [7, 11) is 3.06. The zero-order valence-electron chi connectivity index (χ0n) is 6.63. The second kappa shape index (κ2) is 5.61. The number of aliphatic hydroxyl groups excluding tert-OH is 1. The zero-order valence-corrected chi connectivity index (χ0v) is 6.63. The van der Waals surface area contributed by atoms with Gasteiger partial charge in [-0.15, -0.1) is 0 Å². The smallest absolute Gasteiger partial charge is 0.215 e. The fraction of sp³-hybridized carbons (Fsp3) is 1.00. The van der Waals surface area contributed by atoms with Gasteiger partial charge in [0.1, 0.15) is 0 Å². The fourth-order valence-electron chi connectivity index (χ4n) is 0.530. The monoisotopic (exact) mass is 149 g/mol. The quantitative estimate of drug-likeness (QED) is 0.519. The Kier molecular flexibility index (Phi) is 5.52. The van der Waals surface area contributed by atoms with E-state index in [4.69, 9.17) is 14.6 Å². The van der Waals surface area contributed by atoms with Crippen molar-refractivity contribution < 1.29 is 14.6 Å². The van der Waals surface area contributed by atoms with Gasteiger partial charge >= 0.3 is 0 Å². The summed E-state index contributed by atoms with van der Waals surface area (Å²) in [6.07, 6.45) is -0.803. The van der Waals surface area contributed by atoms with Crippen molar-refractivity contribution in [1.82, 2.24) is 5.32 Å². The van der Waals surface area contributed by atoms with Crippen LogP contribution in [0.25, 0.3) is 0 Å². The molecule has 0 saturated heterocycles. The minimum Gasteiger partial charge on any atom is -0.392 e. The molecule has 0 fully saturated rings. The van der Waals surface area contributed by atoms with E-state index < -0.39 is 6.41 Å². The van der Waals surface area contributed by atoms with Crippen LogP contribution in [0, 0.1) is 0 Å². The van der Waals surface area contributed by atoms with Crippen molar-refractivity contribution in [2.24, 2.45) is 0 Å². The molecule has 10 heavy (non-hydrogen) atoms. The zero-order chi connectivity index (χ0) is 7.98. The third kappa shape index (κ3) is 4.69. The minimum absolute atomic E-state index is 0.382. The van der Waals surface area contributed by atoms with Crippen molar-refractivity contribution in [3.8, 4) is 0 Å². The molecule has 0 aliphatic rings. The molecule has 0 spiro atoms. The highest BCUT2D eigenvalue weighted by atomic mass is 16.7. The van der Waals surface area contributed by atoms with Crippen LogP contribution in [0.1, 0.15) is 6.92 Å². The van der Waals surface area contributed by atoms with E-state index in [1.165, 1.54) is 14.2 Å². The molecule has 0 saturated carbocycles. The molecule has 1 atom stereocenters. The maximum absolute atomic E-state index is 8.82. The fourth-order valence-corrected chi connectivity index (χ4v) is 0.530. The number of hydrogen-bond acceptors (Lipinski definition) is 4. The number of aliphatic hydroxyl groups is 1. The first-order chi connectivity index (χ1) is 4.70. The van der Waals surface area contributed by atoms with Gasteiger partial charge in [0, 0.05) is 20.8 Å². The van der Waals surface area contributed by atoms with Crippen LogP contribution in [0.2, 0.25) is 0 Å². The normalized spacial score (nSPS) is 14.1. The first-order valence-corrected chi connectivity index (χ1v) is 3.17. The largest absolute Gasteiger partial charge is 0.392 e. The van der Waals surface area contributed by atoms with E-state index in [0.717, 1.165) is 0 Å². The van der Waals surface area contributed by atoms with Gasteiger partial charge < -0.3 is 14.6 Å². The highest BCUT2D eigenvalue weighted by Gasteiger charge is 2.03. The molecule has 0 aliphatic heterocycles. The number of rotatable bonds is 5. The van der Waals surface area contributed by atoms with E-state index in [9.17, 15) is 0 Å². The lowest BCUT2D eigenvalue weighted by Crippen LogP contribution is -2.37. The van der Waals surface area contributed by atoms with E-state index in [0.29, 0.717) is 6.54 Å². The summed E-state index contributed by atoms with van der Waals surface area (Å²) in [5, 5.41) is 11.6. The first-order valence-electron chi connectivity index (χ1n) is 3.17. The summed E-state index contributed by atoms with van der Waals surface area (Å²) in [6, 6.07) is 0. The summed E-state index contributed by atoms with van der Waals surface area (Å²) in [5.74, 6) is 0. The van der Waals surface area contributed by atoms with Crippen LogP contribution in [0.15, 0.2) is 0 Å². The Bertz CT molecular complexity index is 73.4. The molecule has 0 aromatic carbocycles. The summed E-state index contributed by atoms with van der Waals surface area (Å²) in [5.41, 5.74) is 0. The van der Waals surface area contributed by atoms with Gasteiger partial charge in [-0.05, 0) is 6.92 Å². The Morgan fingerprint density at radius 3 is 2.20 bits per heavy atom. The molecule has 0 aromatic heterocycles. The summed E-state index contributed by atoms with van der Waals surface area (Å²) in [4.78, 5) is 0. The molecule has 0 amide bonds. The standard InChI is InChI=1S/C6H15NO3/c1-5(8)4-7-6(9-2)10-3/h5-8H,4H2,1-3H3/t5-/m0/s1. The first kappa shape index (κ1) is 9.84. The van der Waals surface area contributed by atoms with Crippen LogP contribution in [0.3, 0.4) is 0 Å². The lowest BCUT2D eigenvalue weighted by Gasteiger charge is -2.15. The molecule has 0 bridgehead atoms. The van der Waals surface area contributed by atoms with Gasteiger partial charge in [-0.1, -0.05) is 0 Å². The summed E-state index contributed by atoms with van der Waals surface area (Å²) >= 11 is 0. The lowest BCUT2D eigenvalue weighted by atomic mass is 10.4. The van der Waals surface area contributed by atoms with Crippen LogP contribution < -0.4 is 5.32 Å². The molecular formula is C6H15NO3. The average molecular weight is 149 g/mol. The number of ether oxygens (including phenoxy) is 2. The Hall–Kier alpha value is -0.160. The lowest BCUT2D eigenvalue weighted by molar-refractivity contribution is -0.126. The SMILES string of the molecule is COC(NC[C@H](C)O)OC. The van der Waals surface area contributed by atoms with Crippen molar-refractivity contribution in [3.05, 3.63) is 0 Å². The molecule has 62 valence electrons. The second-order valence-corrected chi connectivity index (χ2v) is 2.06. The van der Waals surface area contributed by atoms with Crippen LogP contribution in [-0.2, 0) is 9.47 Å². The molecule has 0 heterocycles. The topological polar surface area (TPSA) is 50.7 Å². The molecule has 4 nitrogen and oxygen atoms in total. The predicted molar refractivity (Wildman–Crippen MR) is 37.5 cm³/mol. The molecule has 4 heteroatoms. The molecular weight excluding hydrogens is 134 g/mol. The third-order valence-corrected chi connectivity index (χ3v) is 1.01. The van der Waals surface area contributed by atoms with Crippen molar-refractivity contribution in [1.29, 1.82) is 0 Å². The maximum atomic E-state index is 8.82. The van der Waals surface area contributed by atoms with Gasteiger partial charge in [-0.3, -0.25) is 5.32 Å².